The van der Waals surface area contributed by atoms with Gasteiger partial charge in [0.2, 0.25) is 0 Å². The van der Waals surface area contributed by atoms with Gasteiger partial charge >= 0.3 is 0 Å². The normalized spacial score (nSPS) is 28.5. The summed E-state index contributed by atoms with van der Waals surface area (Å²) in [6, 6.07) is 0.514. The largest absolute Gasteiger partial charge is 0.383 e. The zero-order valence-corrected chi connectivity index (χ0v) is 18.3. The molecular formula is C22H42N4O2. The van der Waals surface area contributed by atoms with E-state index in [1.165, 1.54) is 51.6 Å². The minimum Gasteiger partial charge on any atom is -0.383 e. The fraction of sp³-hybridized carbons (Fsp3) is 0.955. The van der Waals surface area contributed by atoms with Gasteiger partial charge < -0.3 is 25.0 Å². The quantitative estimate of drug-likeness (QED) is 0.465. The van der Waals surface area contributed by atoms with Crippen molar-refractivity contribution in [2.45, 2.75) is 70.9 Å². The second-order valence-corrected chi connectivity index (χ2v) is 8.81. The molecule has 3 aliphatic rings. The lowest BCUT2D eigenvalue weighted by atomic mass is 9.60. The molecule has 6 heteroatoms. The van der Waals surface area contributed by atoms with Gasteiger partial charge in [-0.25, -0.2) is 0 Å². The molecular weight excluding hydrogens is 352 g/mol. The number of hydrogen-bond donors (Lipinski definition) is 2. The van der Waals surface area contributed by atoms with Crippen molar-refractivity contribution in [1.29, 1.82) is 0 Å². The van der Waals surface area contributed by atoms with Gasteiger partial charge in [0.25, 0.3) is 0 Å². The van der Waals surface area contributed by atoms with Crippen molar-refractivity contribution in [3.8, 4) is 0 Å². The van der Waals surface area contributed by atoms with E-state index >= 15 is 0 Å². The lowest BCUT2D eigenvalue weighted by Crippen LogP contribution is -2.65. The van der Waals surface area contributed by atoms with Gasteiger partial charge in [-0.05, 0) is 65.0 Å². The van der Waals surface area contributed by atoms with Gasteiger partial charge in [0, 0.05) is 44.8 Å². The van der Waals surface area contributed by atoms with Gasteiger partial charge in [0.1, 0.15) is 0 Å². The maximum Gasteiger partial charge on any atom is 0.191 e. The molecule has 0 aromatic carbocycles. The van der Waals surface area contributed by atoms with Gasteiger partial charge in [0.15, 0.2) is 5.96 Å². The minimum atomic E-state index is 0.346. The second kappa shape index (κ2) is 10.8. The number of nitrogens with one attached hydrogen (secondary N) is 2. The monoisotopic (exact) mass is 394 g/mol. The maximum atomic E-state index is 6.07. The molecule has 2 saturated carbocycles. The van der Waals surface area contributed by atoms with Crippen molar-refractivity contribution in [3.63, 3.8) is 0 Å². The van der Waals surface area contributed by atoms with E-state index < -0.39 is 0 Å². The molecule has 0 aromatic rings. The van der Waals surface area contributed by atoms with E-state index in [-0.39, 0.29) is 0 Å². The third kappa shape index (κ3) is 5.19. The van der Waals surface area contributed by atoms with Gasteiger partial charge in [-0.1, -0.05) is 12.8 Å². The van der Waals surface area contributed by atoms with E-state index in [2.05, 4.69) is 29.4 Å². The fourth-order valence-electron chi connectivity index (χ4n) is 5.41. The number of ether oxygens (including phenoxy) is 2. The zero-order valence-electron chi connectivity index (χ0n) is 18.3. The standard InChI is InChI=1S/C22H42N4O2/c1-4-23-21(24-17-18-8-12-26(13-9-18)14-15-27-3)25-19-16-20(28-5-2)22(19)10-6-7-11-22/h18-20H,4-17H2,1-3H3,(H2,23,24,25). The Morgan fingerprint density at radius 1 is 1.18 bits per heavy atom. The van der Waals surface area contributed by atoms with Gasteiger partial charge in [-0.3, -0.25) is 4.99 Å². The summed E-state index contributed by atoms with van der Waals surface area (Å²) in [6.07, 6.45) is 9.34. The molecule has 162 valence electrons. The van der Waals surface area contributed by atoms with Crippen LogP contribution < -0.4 is 10.6 Å². The average molecular weight is 395 g/mol. The second-order valence-electron chi connectivity index (χ2n) is 8.81. The molecule has 1 saturated heterocycles. The molecule has 3 rings (SSSR count). The van der Waals surface area contributed by atoms with E-state index in [1.807, 2.05) is 0 Å². The highest BCUT2D eigenvalue weighted by Crippen LogP contribution is 2.54. The molecule has 1 spiro atoms. The summed E-state index contributed by atoms with van der Waals surface area (Å²) in [4.78, 5) is 7.50. The molecule has 0 bridgehead atoms. The summed E-state index contributed by atoms with van der Waals surface area (Å²) in [6.45, 7) is 11.2. The average Bonchev–Trinajstić information content (AvgIpc) is 3.23. The van der Waals surface area contributed by atoms with Crippen LogP contribution in [-0.4, -0.2) is 76.1 Å². The molecule has 2 aliphatic carbocycles. The summed E-state index contributed by atoms with van der Waals surface area (Å²) in [5.41, 5.74) is 0.346. The first kappa shape index (κ1) is 21.8. The first-order valence-electron chi connectivity index (χ1n) is 11.6. The SMILES string of the molecule is CCNC(=NCC1CCN(CCOC)CC1)NC1CC(OCC)C12CCCC2. The zero-order chi connectivity index (χ0) is 19.8. The van der Waals surface area contributed by atoms with Crippen molar-refractivity contribution in [2.24, 2.45) is 16.3 Å². The lowest BCUT2D eigenvalue weighted by molar-refractivity contribution is -0.125. The predicted octanol–water partition coefficient (Wildman–Crippen LogP) is 2.64. The number of methoxy groups -OCH3 is 1. The summed E-state index contributed by atoms with van der Waals surface area (Å²) in [7, 11) is 1.78. The summed E-state index contributed by atoms with van der Waals surface area (Å²) in [5, 5.41) is 7.27. The van der Waals surface area contributed by atoms with Crippen LogP contribution in [0.5, 0.6) is 0 Å². The smallest absolute Gasteiger partial charge is 0.191 e. The first-order chi connectivity index (χ1) is 13.7. The molecule has 28 heavy (non-hydrogen) atoms. The number of nitrogens with zero attached hydrogens (tertiary/aromatic N) is 2. The van der Waals surface area contributed by atoms with Crippen molar-refractivity contribution in [3.05, 3.63) is 0 Å². The molecule has 3 fully saturated rings. The molecule has 2 atom stereocenters. The van der Waals surface area contributed by atoms with Crippen molar-refractivity contribution in [2.75, 3.05) is 53.0 Å². The van der Waals surface area contributed by atoms with Crippen LogP contribution in [0.15, 0.2) is 4.99 Å². The van der Waals surface area contributed by atoms with Crippen molar-refractivity contribution >= 4 is 5.96 Å². The Hall–Kier alpha value is -0.850. The first-order valence-corrected chi connectivity index (χ1v) is 11.6. The van der Waals surface area contributed by atoms with Crippen LogP contribution in [0.4, 0.5) is 0 Å². The third-order valence-corrected chi connectivity index (χ3v) is 7.17. The number of piperidine rings is 1. The molecule has 2 unspecified atom stereocenters. The lowest BCUT2D eigenvalue weighted by Gasteiger charge is -2.54. The van der Waals surface area contributed by atoms with E-state index in [4.69, 9.17) is 14.5 Å². The van der Waals surface area contributed by atoms with Crippen LogP contribution in [0.3, 0.4) is 0 Å². The molecule has 0 amide bonds. The number of guanidine groups is 1. The maximum absolute atomic E-state index is 6.07. The summed E-state index contributed by atoms with van der Waals surface area (Å²) >= 11 is 0. The topological polar surface area (TPSA) is 58.1 Å². The highest BCUT2D eigenvalue weighted by molar-refractivity contribution is 5.80. The Bertz CT molecular complexity index is 485. The highest BCUT2D eigenvalue weighted by Gasteiger charge is 2.56. The van der Waals surface area contributed by atoms with Crippen LogP contribution in [0.1, 0.15) is 58.8 Å². The Balaban J connectivity index is 1.50. The molecule has 1 heterocycles. The number of likely N-dealkylation sites (tertiary alicyclic amines) is 1. The van der Waals surface area contributed by atoms with Crippen molar-refractivity contribution in [1.82, 2.24) is 15.5 Å². The van der Waals surface area contributed by atoms with E-state index in [0.717, 1.165) is 45.2 Å². The Labute approximate surface area is 171 Å². The van der Waals surface area contributed by atoms with Crippen molar-refractivity contribution < 1.29 is 9.47 Å². The van der Waals surface area contributed by atoms with E-state index in [1.54, 1.807) is 7.11 Å². The summed E-state index contributed by atoms with van der Waals surface area (Å²) in [5.74, 6) is 1.71. The molecule has 0 radical (unpaired) electrons. The highest BCUT2D eigenvalue weighted by atomic mass is 16.5. The third-order valence-electron chi connectivity index (χ3n) is 7.17. The Morgan fingerprint density at radius 3 is 2.57 bits per heavy atom. The fourth-order valence-corrected chi connectivity index (χ4v) is 5.41. The van der Waals surface area contributed by atoms with Crippen LogP contribution >= 0.6 is 0 Å². The van der Waals surface area contributed by atoms with Crippen LogP contribution in [0.25, 0.3) is 0 Å². The van der Waals surface area contributed by atoms with Crippen LogP contribution in [-0.2, 0) is 9.47 Å². The van der Waals surface area contributed by atoms with Gasteiger partial charge in [0.05, 0.1) is 12.7 Å². The molecule has 0 aromatic heterocycles. The Kier molecular flexibility index (Phi) is 8.42. The van der Waals surface area contributed by atoms with Gasteiger partial charge in [-0.2, -0.15) is 0 Å². The number of aliphatic imine (C=N–C) groups is 1. The predicted molar refractivity (Wildman–Crippen MR) is 115 cm³/mol. The number of rotatable bonds is 9. The molecule has 2 N–H and O–H groups in total. The van der Waals surface area contributed by atoms with Crippen LogP contribution in [0, 0.1) is 11.3 Å². The van der Waals surface area contributed by atoms with Crippen LogP contribution in [0.2, 0.25) is 0 Å². The Morgan fingerprint density at radius 2 is 1.93 bits per heavy atom. The minimum absolute atomic E-state index is 0.346. The molecule has 6 nitrogen and oxygen atoms in total. The van der Waals surface area contributed by atoms with E-state index in [0.29, 0.717) is 23.5 Å². The van der Waals surface area contributed by atoms with Gasteiger partial charge in [-0.15, -0.1) is 0 Å². The number of hydrogen-bond acceptors (Lipinski definition) is 4. The summed E-state index contributed by atoms with van der Waals surface area (Å²) < 4.78 is 11.3. The molecule has 1 aliphatic heterocycles. The van der Waals surface area contributed by atoms with E-state index in [9.17, 15) is 0 Å².